The molecule has 28 heavy (non-hydrogen) atoms. The van der Waals surface area contributed by atoms with E-state index in [4.69, 9.17) is 4.74 Å². The van der Waals surface area contributed by atoms with Crippen molar-refractivity contribution >= 4 is 43.1 Å². The molecule has 0 amide bonds. The first-order chi connectivity index (χ1) is 13.2. The molecular weight excluding hydrogens is 394 g/mol. The van der Waals surface area contributed by atoms with E-state index in [1.165, 1.54) is 24.0 Å². The first-order valence-corrected chi connectivity index (χ1v) is 11.2. The van der Waals surface area contributed by atoms with E-state index in [0.717, 1.165) is 15.6 Å². The fourth-order valence-corrected chi connectivity index (χ4v) is 5.97. The summed E-state index contributed by atoms with van der Waals surface area (Å²) in [5.41, 5.74) is 3.13. The molecule has 7 heteroatoms. The summed E-state index contributed by atoms with van der Waals surface area (Å²) >= 11 is 1.25. The SMILES string of the molecule is COC(=O)c1cccc(NS(=O)(=O)c2sc3ccc(C(C)C)cc3c2C)c1C. The monoisotopic (exact) mass is 417 g/mol. The van der Waals surface area contributed by atoms with Gasteiger partial charge in [-0.1, -0.05) is 26.0 Å². The Bertz CT molecular complexity index is 1160. The van der Waals surface area contributed by atoms with Gasteiger partial charge in [0.1, 0.15) is 4.21 Å². The van der Waals surface area contributed by atoms with Crippen LogP contribution in [0.15, 0.2) is 40.6 Å². The lowest BCUT2D eigenvalue weighted by molar-refractivity contribution is 0.0600. The lowest BCUT2D eigenvalue weighted by Crippen LogP contribution is -2.15. The van der Waals surface area contributed by atoms with Crippen molar-refractivity contribution in [3.05, 3.63) is 58.7 Å². The molecule has 0 spiro atoms. The van der Waals surface area contributed by atoms with Gasteiger partial charge in [-0.2, -0.15) is 0 Å². The van der Waals surface area contributed by atoms with E-state index in [2.05, 4.69) is 24.6 Å². The lowest BCUT2D eigenvalue weighted by Gasteiger charge is -2.12. The fourth-order valence-electron chi connectivity index (χ4n) is 3.10. The fraction of sp³-hybridized carbons (Fsp3) is 0.286. The maximum absolute atomic E-state index is 13.1. The standard InChI is InChI=1S/C21H23NO4S2/c1-12(2)15-9-10-19-17(11-15)14(4)21(27-19)28(24,25)22-18-8-6-7-16(13(18)3)20(23)26-5/h6-12,22H,1-5H3. The summed E-state index contributed by atoms with van der Waals surface area (Å²) in [6, 6.07) is 11.0. The highest BCUT2D eigenvalue weighted by Crippen LogP contribution is 2.37. The first-order valence-electron chi connectivity index (χ1n) is 8.89. The number of methoxy groups -OCH3 is 1. The molecule has 148 valence electrons. The highest BCUT2D eigenvalue weighted by molar-refractivity contribution is 7.94. The quantitative estimate of drug-likeness (QED) is 0.577. The largest absolute Gasteiger partial charge is 0.465 e. The van der Waals surface area contributed by atoms with E-state index >= 15 is 0 Å². The van der Waals surface area contributed by atoms with Crippen LogP contribution in [0.25, 0.3) is 10.1 Å². The Kier molecular flexibility index (Phi) is 5.50. The van der Waals surface area contributed by atoms with Gasteiger partial charge < -0.3 is 4.74 Å². The van der Waals surface area contributed by atoms with Crippen LogP contribution in [0.3, 0.4) is 0 Å². The smallest absolute Gasteiger partial charge is 0.338 e. The number of ether oxygens (including phenoxy) is 1. The number of aryl methyl sites for hydroxylation is 1. The highest BCUT2D eigenvalue weighted by atomic mass is 32.2. The van der Waals surface area contributed by atoms with Crippen LogP contribution < -0.4 is 4.72 Å². The molecule has 5 nitrogen and oxygen atoms in total. The number of esters is 1. The topological polar surface area (TPSA) is 72.5 Å². The van der Waals surface area contributed by atoms with E-state index in [9.17, 15) is 13.2 Å². The highest BCUT2D eigenvalue weighted by Gasteiger charge is 2.24. The Balaban J connectivity index is 2.05. The second kappa shape index (κ2) is 7.56. The zero-order valence-electron chi connectivity index (χ0n) is 16.5. The molecule has 0 saturated heterocycles. The number of fused-ring (bicyclic) bond motifs is 1. The average Bonchev–Trinajstić information content (AvgIpc) is 2.99. The van der Waals surface area contributed by atoms with Crippen LogP contribution in [0.1, 0.15) is 46.8 Å². The maximum Gasteiger partial charge on any atom is 0.338 e. The van der Waals surface area contributed by atoms with Crippen LogP contribution in [0.2, 0.25) is 0 Å². The molecule has 2 aromatic carbocycles. The third kappa shape index (κ3) is 3.64. The van der Waals surface area contributed by atoms with E-state index in [1.54, 1.807) is 25.1 Å². The van der Waals surface area contributed by atoms with Gasteiger partial charge in [0.25, 0.3) is 10.0 Å². The van der Waals surface area contributed by atoms with Gasteiger partial charge in [-0.05, 0) is 66.1 Å². The van der Waals surface area contributed by atoms with E-state index < -0.39 is 16.0 Å². The van der Waals surface area contributed by atoms with E-state index in [-0.39, 0.29) is 4.21 Å². The van der Waals surface area contributed by atoms with Crippen LogP contribution in [0, 0.1) is 13.8 Å². The molecule has 1 heterocycles. The Labute approximate surface area is 169 Å². The van der Waals surface area contributed by atoms with Crippen LogP contribution in [-0.2, 0) is 14.8 Å². The molecule has 0 fully saturated rings. The molecule has 0 aliphatic carbocycles. The molecule has 1 aromatic heterocycles. The Morgan fingerprint density at radius 1 is 1.11 bits per heavy atom. The van der Waals surface area contributed by atoms with Gasteiger partial charge in [-0.25, -0.2) is 13.2 Å². The number of hydrogen-bond acceptors (Lipinski definition) is 5. The summed E-state index contributed by atoms with van der Waals surface area (Å²) < 4.78 is 34.8. The third-order valence-electron chi connectivity index (χ3n) is 4.81. The number of nitrogens with one attached hydrogen (secondary N) is 1. The molecule has 0 atom stereocenters. The zero-order valence-corrected chi connectivity index (χ0v) is 18.1. The number of anilines is 1. The molecule has 0 unspecified atom stereocenters. The van der Waals surface area contributed by atoms with Crippen LogP contribution in [0.4, 0.5) is 5.69 Å². The number of rotatable bonds is 5. The molecule has 0 radical (unpaired) electrons. The predicted molar refractivity (Wildman–Crippen MR) is 114 cm³/mol. The van der Waals surface area contributed by atoms with Crippen LogP contribution in [-0.4, -0.2) is 21.5 Å². The summed E-state index contributed by atoms with van der Waals surface area (Å²) in [6.45, 7) is 7.74. The van der Waals surface area contributed by atoms with Crippen molar-refractivity contribution in [1.82, 2.24) is 0 Å². The van der Waals surface area contributed by atoms with Gasteiger partial charge >= 0.3 is 5.97 Å². The Morgan fingerprint density at radius 2 is 1.82 bits per heavy atom. The van der Waals surface area contributed by atoms with Gasteiger partial charge in [-0.3, -0.25) is 4.72 Å². The number of carbonyl (C=O) groups excluding carboxylic acids is 1. The van der Waals surface area contributed by atoms with Gasteiger partial charge in [0.15, 0.2) is 0 Å². The Morgan fingerprint density at radius 3 is 2.46 bits per heavy atom. The Hall–Kier alpha value is -2.38. The normalized spacial score (nSPS) is 11.8. The van der Waals surface area contributed by atoms with Crippen LogP contribution >= 0.6 is 11.3 Å². The summed E-state index contributed by atoms with van der Waals surface area (Å²) in [5, 5.41) is 0.955. The van der Waals surface area contributed by atoms with Crippen molar-refractivity contribution < 1.29 is 17.9 Å². The minimum atomic E-state index is -3.79. The van der Waals surface area contributed by atoms with Crippen molar-refractivity contribution in [3.63, 3.8) is 0 Å². The van der Waals surface area contributed by atoms with Gasteiger partial charge in [0.2, 0.25) is 0 Å². The second-order valence-corrected chi connectivity index (χ2v) is 9.93. The summed E-state index contributed by atoms with van der Waals surface area (Å²) in [5.74, 6) is -0.136. The molecular formula is C21H23NO4S2. The van der Waals surface area contributed by atoms with Crippen molar-refractivity contribution in [1.29, 1.82) is 0 Å². The van der Waals surface area contributed by atoms with Crippen LogP contribution in [0.5, 0.6) is 0 Å². The number of carbonyl (C=O) groups is 1. The number of hydrogen-bond donors (Lipinski definition) is 1. The van der Waals surface area contributed by atoms with Crippen molar-refractivity contribution in [2.75, 3.05) is 11.8 Å². The number of thiophene rings is 1. The summed E-state index contributed by atoms with van der Waals surface area (Å²) in [4.78, 5) is 11.9. The average molecular weight is 418 g/mol. The predicted octanol–water partition coefficient (Wildman–Crippen LogP) is 5.23. The summed E-state index contributed by atoms with van der Waals surface area (Å²) in [7, 11) is -2.50. The number of sulfonamides is 1. The number of benzene rings is 2. The van der Waals surface area contributed by atoms with Gasteiger partial charge in [0, 0.05) is 4.70 Å². The molecule has 1 N–H and O–H groups in total. The lowest BCUT2D eigenvalue weighted by atomic mass is 10.0. The van der Waals surface area contributed by atoms with Crippen molar-refractivity contribution in [2.24, 2.45) is 0 Å². The summed E-state index contributed by atoms with van der Waals surface area (Å²) in [6.07, 6.45) is 0. The minimum Gasteiger partial charge on any atom is -0.465 e. The molecule has 3 rings (SSSR count). The van der Waals surface area contributed by atoms with E-state index in [1.807, 2.05) is 19.1 Å². The zero-order chi connectivity index (χ0) is 20.6. The van der Waals surface area contributed by atoms with Gasteiger partial charge in [0.05, 0.1) is 18.4 Å². The molecule has 0 saturated carbocycles. The molecule has 0 bridgehead atoms. The van der Waals surface area contributed by atoms with E-state index in [0.29, 0.717) is 22.7 Å². The van der Waals surface area contributed by atoms with Crippen molar-refractivity contribution in [2.45, 2.75) is 37.8 Å². The molecule has 0 aliphatic rings. The molecule has 0 aliphatic heterocycles. The first kappa shape index (κ1) is 20.4. The third-order valence-corrected chi connectivity index (χ3v) is 8.07. The van der Waals surface area contributed by atoms with Crippen molar-refractivity contribution in [3.8, 4) is 0 Å². The second-order valence-electron chi connectivity index (χ2n) is 7.00. The maximum atomic E-state index is 13.1. The minimum absolute atomic E-state index is 0.284. The van der Waals surface area contributed by atoms with Gasteiger partial charge in [-0.15, -0.1) is 11.3 Å². The molecule has 3 aromatic rings.